The zero-order chi connectivity index (χ0) is 12.4. The van der Waals surface area contributed by atoms with Crippen molar-refractivity contribution in [2.24, 2.45) is 0 Å². The Morgan fingerprint density at radius 3 is 2.83 bits per heavy atom. The van der Waals surface area contributed by atoms with Gasteiger partial charge in [0.05, 0.1) is 17.6 Å². The second-order valence-electron chi connectivity index (χ2n) is 4.98. The fourth-order valence-electron chi connectivity index (χ4n) is 2.48. The lowest BCUT2D eigenvalue weighted by Gasteiger charge is -2.37. The first-order valence-electron chi connectivity index (χ1n) is 6.75. The highest BCUT2D eigenvalue weighted by atomic mass is 15.2. The van der Waals surface area contributed by atoms with Crippen LogP contribution in [0.25, 0.3) is 11.0 Å². The Hall–Kier alpha value is -1.39. The lowest BCUT2D eigenvalue weighted by molar-refractivity contribution is 0.135. The Bertz CT molecular complexity index is 482. The third kappa shape index (κ3) is 2.26. The summed E-state index contributed by atoms with van der Waals surface area (Å²) in [5.74, 6) is 1.08. The van der Waals surface area contributed by atoms with E-state index in [1.54, 1.807) is 0 Å². The van der Waals surface area contributed by atoms with Crippen molar-refractivity contribution >= 4 is 11.0 Å². The Kier molecular flexibility index (Phi) is 3.30. The topological polar surface area (TPSA) is 44.0 Å². The van der Waals surface area contributed by atoms with Gasteiger partial charge >= 0.3 is 0 Å². The number of H-pyrrole nitrogens is 1. The zero-order valence-electron chi connectivity index (χ0n) is 10.8. The predicted molar refractivity (Wildman–Crippen MR) is 73.5 cm³/mol. The molecular weight excluding hydrogens is 224 g/mol. The fourth-order valence-corrected chi connectivity index (χ4v) is 2.48. The minimum atomic E-state index is 0.679. The van der Waals surface area contributed by atoms with E-state index in [1.165, 1.54) is 6.42 Å². The molecule has 3 rings (SSSR count). The molecule has 4 heteroatoms. The molecule has 2 heterocycles. The van der Waals surface area contributed by atoms with Gasteiger partial charge in [0.25, 0.3) is 0 Å². The molecule has 2 N–H and O–H groups in total. The second-order valence-corrected chi connectivity index (χ2v) is 4.98. The van der Waals surface area contributed by atoms with E-state index in [9.17, 15) is 0 Å². The van der Waals surface area contributed by atoms with Gasteiger partial charge in [0.15, 0.2) is 0 Å². The van der Waals surface area contributed by atoms with Gasteiger partial charge in [-0.25, -0.2) is 4.98 Å². The van der Waals surface area contributed by atoms with Crippen molar-refractivity contribution in [3.63, 3.8) is 0 Å². The molecule has 1 aromatic carbocycles. The van der Waals surface area contributed by atoms with E-state index < -0.39 is 0 Å². The molecule has 1 saturated heterocycles. The molecule has 1 aliphatic heterocycles. The van der Waals surface area contributed by atoms with Gasteiger partial charge in [-0.2, -0.15) is 0 Å². The number of imidazole rings is 1. The van der Waals surface area contributed by atoms with Crippen molar-refractivity contribution in [2.45, 2.75) is 25.9 Å². The SMILES string of the molecule is CCCN(Cc1nc2ccccc2[nH]1)C1CNC1. The lowest BCUT2D eigenvalue weighted by Crippen LogP contribution is -2.57. The quantitative estimate of drug-likeness (QED) is 0.842. The molecule has 2 aromatic rings. The number of nitrogens with zero attached hydrogens (tertiary/aromatic N) is 2. The minimum absolute atomic E-state index is 0.679. The first-order valence-corrected chi connectivity index (χ1v) is 6.75. The number of aromatic nitrogens is 2. The number of aromatic amines is 1. The monoisotopic (exact) mass is 244 g/mol. The highest BCUT2D eigenvalue weighted by Gasteiger charge is 2.24. The average molecular weight is 244 g/mol. The Labute approximate surface area is 107 Å². The molecule has 18 heavy (non-hydrogen) atoms. The maximum atomic E-state index is 4.66. The Balaban J connectivity index is 1.76. The molecule has 0 radical (unpaired) electrons. The molecule has 1 aromatic heterocycles. The number of rotatable bonds is 5. The molecule has 0 atom stereocenters. The van der Waals surface area contributed by atoms with E-state index in [4.69, 9.17) is 0 Å². The van der Waals surface area contributed by atoms with Gasteiger partial charge in [-0.1, -0.05) is 19.1 Å². The van der Waals surface area contributed by atoms with Crippen LogP contribution < -0.4 is 5.32 Å². The van der Waals surface area contributed by atoms with Crippen LogP contribution in [0.5, 0.6) is 0 Å². The Morgan fingerprint density at radius 1 is 1.33 bits per heavy atom. The maximum absolute atomic E-state index is 4.66. The van der Waals surface area contributed by atoms with Crippen molar-refractivity contribution in [2.75, 3.05) is 19.6 Å². The molecule has 0 saturated carbocycles. The fraction of sp³-hybridized carbons (Fsp3) is 0.500. The summed E-state index contributed by atoms with van der Waals surface area (Å²) >= 11 is 0. The van der Waals surface area contributed by atoms with Crippen molar-refractivity contribution < 1.29 is 0 Å². The zero-order valence-corrected chi connectivity index (χ0v) is 10.8. The molecule has 0 spiro atoms. The van der Waals surface area contributed by atoms with E-state index in [1.807, 2.05) is 12.1 Å². The van der Waals surface area contributed by atoms with Crippen LogP contribution in [-0.2, 0) is 6.54 Å². The maximum Gasteiger partial charge on any atom is 0.121 e. The highest BCUT2D eigenvalue weighted by Crippen LogP contribution is 2.14. The van der Waals surface area contributed by atoms with Gasteiger partial charge in [0.2, 0.25) is 0 Å². The van der Waals surface area contributed by atoms with Crippen LogP contribution >= 0.6 is 0 Å². The summed E-state index contributed by atoms with van der Waals surface area (Å²) in [7, 11) is 0. The van der Waals surface area contributed by atoms with Crippen LogP contribution in [-0.4, -0.2) is 40.5 Å². The molecule has 0 aliphatic carbocycles. The summed E-state index contributed by atoms with van der Waals surface area (Å²) in [6.45, 7) is 6.52. The first-order chi connectivity index (χ1) is 8.86. The number of benzene rings is 1. The second kappa shape index (κ2) is 5.08. The van der Waals surface area contributed by atoms with Crippen molar-refractivity contribution in [1.82, 2.24) is 20.2 Å². The van der Waals surface area contributed by atoms with E-state index in [0.717, 1.165) is 43.0 Å². The smallest absolute Gasteiger partial charge is 0.121 e. The molecule has 96 valence electrons. The summed E-state index contributed by atoms with van der Waals surface area (Å²) in [4.78, 5) is 10.6. The summed E-state index contributed by atoms with van der Waals surface area (Å²) in [6, 6.07) is 8.90. The number of hydrogen-bond acceptors (Lipinski definition) is 3. The van der Waals surface area contributed by atoms with Gasteiger partial charge in [-0.05, 0) is 25.1 Å². The largest absolute Gasteiger partial charge is 0.341 e. The van der Waals surface area contributed by atoms with Crippen LogP contribution in [0, 0.1) is 0 Å². The first kappa shape index (κ1) is 11.7. The van der Waals surface area contributed by atoms with E-state index in [-0.39, 0.29) is 0 Å². The molecule has 1 aliphatic rings. The highest BCUT2D eigenvalue weighted by molar-refractivity contribution is 5.74. The van der Waals surface area contributed by atoms with Crippen LogP contribution in [0.2, 0.25) is 0 Å². The summed E-state index contributed by atoms with van der Waals surface area (Å²) in [5.41, 5.74) is 2.20. The van der Waals surface area contributed by atoms with Crippen LogP contribution in [0.1, 0.15) is 19.2 Å². The van der Waals surface area contributed by atoms with Gasteiger partial charge < -0.3 is 10.3 Å². The molecule has 0 amide bonds. The van der Waals surface area contributed by atoms with Crippen LogP contribution in [0.4, 0.5) is 0 Å². The van der Waals surface area contributed by atoms with E-state index >= 15 is 0 Å². The van der Waals surface area contributed by atoms with Crippen LogP contribution in [0.15, 0.2) is 24.3 Å². The molecule has 1 fully saturated rings. The molecule has 0 unspecified atom stereocenters. The molecular formula is C14H20N4. The van der Waals surface area contributed by atoms with Gasteiger partial charge in [0, 0.05) is 19.1 Å². The number of nitrogens with one attached hydrogen (secondary N) is 2. The van der Waals surface area contributed by atoms with Crippen molar-refractivity contribution in [1.29, 1.82) is 0 Å². The normalized spacial score (nSPS) is 16.3. The number of fused-ring (bicyclic) bond motifs is 1. The summed E-state index contributed by atoms with van der Waals surface area (Å²) < 4.78 is 0. The summed E-state index contributed by atoms with van der Waals surface area (Å²) in [5, 5.41) is 3.34. The predicted octanol–water partition coefficient (Wildman–Crippen LogP) is 1.75. The number of para-hydroxylation sites is 2. The molecule has 4 nitrogen and oxygen atoms in total. The van der Waals surface area contributed by atoms with Gasteiger partial charge in [-0.15, -0.1) is 0 Å². The lowest BCUT2D eigenvalue weighted by atomic mass is 10.1. The van der Waals surface area contributed by atoms with Crippen molar-refractivity contribution in [3.8, 4) is 0 Å². The van der Waals surface area contributed by atoms with Crippen LogP contribution in [0.3, 0.4) is 0 Å². The van der Waals surface area contributed by atoms with E-state index in [2.05, 4.69) is 39.2 Å². The summed E-state index contributed by atoms with van der Waals surface area (Å²) in [6.07, 6.45) is 1.19. The van der Waals surface area contributed by atoms with E-state index in [0.29, 0.717) is 6.04 Å². The average Bonchev–Trinajstić information content (AvgIpc) is 2.69. The minimum Gasteiger partial charge on any atom is -0.341 e. The van der Waals surface area contributed by atoms with Gasteiger partial charge in [0.1, 0.15) is 5.82 Å². The standard InChI is InChI=1S/C14H20N4/c1-2-7-18(11-8-15-9-11)10-14-16-12-5-3-4-6-13(12)17-14/h3-6,11,15H,2,7-10H2,1H3,(H,16,17). The molecule has 0 bridgehead atoms. The third-order valence-electron chi connectivity index (χ3n) is 3.58. The third-order valence-corrected chi connectivity index (χ3v) is 3.58. The number of hydrogen-bond donors (Lipinski definition) is 2. The Morgan fingerprint density at radius 2 is 2.17 bits per heavy atom. The van der Waals surface area contributed by atoms with Crippen molar-refractivity contribution in [3.05, 3.63) is 30.1 Å². The van der Waals surface area contributed by atoms with Gasteiger partial charge in [-0.3, -0.25) is 4.90 Å².